The highest BCUT2D eigenvalue weighted by Gasteiger charge is 2.21. The molecule has 1 amide bonds. The molecule has 1 unspecified atom stereocenters. The van der Waals surface area contributed by atoms with Gasteiger partial charge in [0.25, 0.3) is 0 Å². The van der Waals surface area contributed by atoms with Crippen LogP contribution in [0, 0.1) is 12.7 Å². The molecule has 0 saturated heterocycles. The maximum Gasteiger partial charge on any atom is 0.238 e. The third-order valence-electron chi connectivity index (χ3n) is 4.49. The minimum Gasteiger partial charge on any atom is -0.308 e. The summed E-state index contributed by atoms with van der Waals surface area (Å²) < 4.78 is 15.3. The number of aromatic nitrogens is 3. The Kier molecular flexibility index (Phi) is 5.74. The molecule has 0 saturated carbocycles. The Morgan fingerprint density at radius 1 is 1.20 bits per heavy atom. The molecule has 0 aliphatic carbocycles. The van der Waals surface area contributed by atoms with E-state index in [1.165, 1.54) is 23.9 Å². The average Bonchev–Trinajstić information content (AvgIpc) is 3.08. The largest absolute Gasteiger partial charge is 0.308 e. The number of pyridine rings is 1. The number of nitrogens with zero attached hydrogens (tertiary/aromatic N) is 3. The van der Waals surface area contributed by atoms with Gasteiger partial charge < -0.3 is 5.32 Å². The smallest absolute Gasteiger partial charge is 0.238 e. The van der Waals surface area contributed by atoms with Crippen LogP contribution in [0.2, 0.25) is 5.02 Å². The average molecular weight is 441 g/mol. The van der Waals surface area contributed by atoms with E-state index in [0.717, 1.165) is 22.3 Å². The van der Waals surface area contributed by atoms with Crippen LogP contribution >= 0.6 is 23.4 Å². The molecule has 0 fully saturated rings. The molecule has 2 heterocycles. The van der Waals surface area contributed by atoms with E-state index in [1.54, 1.807) is 31.3 Å². The number of benzene rings is 2. The zero-order chi connectivity index (χ0) is 21.3. The molecule has 30 heavy (non-hydrogen) atoms. The maximum atomic E-state index is 13.4. The third kappa shape index (κ3) is 4.17. The summed E-state index contributed by atoms with van der Waals surface area (Å²) in [7, 11) is 0. The first kappa shape index (κ1) is 20.4. The van der Waals surface area contributed by atoms with Crippen molar-refractivity contribution in [2.75, 3.05) is 5.32 Å². The summed E-state index contributed by atoms with van der Waals surface area (Å²) in [6.45, 7) is 3.67. The van der Waals surface area contributed by atoms with Gasteiger partial charge in [0.1, 0.15) is 5.82 Å². The minimum absolute atomic E-state index is 0.240. The van der Waals surface area contributed by atoms with Crippen molar-refractivity contribution in [2.24, 2.45) is 0 Å². The fourth-order valence-electron chi connectivity index (χ4n) is 2.98. The number of amides is 1. The number of carbonyl (C=O) groups excluding carboxylic acids is 1. The molecule has 2 aromatic carbocycles. The molecule has 8 heteroatoms. The van der Waals surface area contributed by atoms with Crippen molar-refractivity contribution in [3.05, 3.63) is 77.2 Å². The van der Waals surface area contributed by atoms with Gasteiger partial charge in [0.2, 0.25) is 5.91 Å². The predicted molar refractivity (Wildman–Crippen MR) is 119 cm³/mol. The van der Waals surface area contributed by atoms with E-state index in [9.17, 15) is 9.18 Å². The van der Waals surface area contributed by atoms with Crippen LogP contribution in [0.5, 0.6) is 0 Å². The number of halogens is 2. The molecule has 2 aromatic heterocycles. The van der Waals surface area contributed by atoms with Crippen LogP contribution in [0.25, 0.3) is 16.7 Å². The van der Waals surface area contributed by atoms with E-state index in [4.69, 9.17) is 11.6 Å². The number of fused-ring (bicyclic) bond motifs is 1. The first-order chi connectivity index (χ1) is 14.4. The van der Waals surface area contributed by atoms with E-state index in [1.807, 2.05) is 35.8 Å². The number of rotatable bonds is 5. The number of hydrogen-bond acceptors (Lipinski definition) is 4. The summed E-state index contributed by atoms with van der Waals surface area (Å²) in [6, 6.07) is 15.6. The molecule has 1 N–H and O–H groups in total. The molecule has 5 nitrogen and oxygen atoms in total. The number of thioether (sulfide) groups is 1. The molecule has 0 spiro atoms. The monoisotopic (exact) mass is 440 g/mol. The standard InChI is InChI=1S/C22H18ClFN4OS/c1-13-11-17(23)20(25-12-13)27-21(29)14(2)30-22-26-18-5-3-4-6-19(18)28(22)16-9-7-15(24)8-10-16/h3-12,14H,1-2H3,(H,25,27,29). The Morgan fingerprint density at radius 3 is 2.67 bits per heavy atom. The third-order valence-corrected chi connectivity index (χ3v) is 5.83. The van der Waals surface area contributed by atoms with E-state index >= 15 is 0 Å². The van der Waals surface area contributed by atoms with Crippen molar-refractivity contribution in [3.8, 4) is 5.69 Å². The van der Waals surface area contributed by atoms with Crippen LogP contribution in [-0.2, 0) is 4.79 Å². The van der Waals surface area contributed by atoms with Gasteiger partial charge >= 0.3 is 0 Å². The lowest BCUT2D eigenvalue weighted by Crippen LogP contribution is -2.23. The van der Waals surface area contributed by atoms with Gasteiger partial charge in [-0.2, -0.15) is 0 Å². The fraction of sp³-hybridized carbons (Fsp3) is 0.136. The molecule has 152 valence electrons. The lowest BCUT2D eigenvalue weighted by molar-refractivity contribution is -0.115. The van der Waals surface area contributed by atoms with Gasteiger partial charge in [0.15, 0.2) is 11.0 Å². The molecule has 4 aromatic rings. The zero-order valence-electron chi connectivity index (χ0n) is 16.3. The summed E-state index contributed by atoms with van der Waals surface area (Å²) >= 11 is 7.49. The number of carbonyl (C=O) groups is 1. The van der Waals surface area contributed by atoms with Gasteiger partial charge in [-0.05, 0) is 61.9 Å². The predicted octanol–water partition coefficient (Wildman–Crippen LogP) is 5.64. The SMILES string of the molecule is Cc1cnc(NC(=O)C(C)Sc2nc3ccccc3n2-c2ccc(F)cc2)c(Cl)c1. The maximum absolute atomic E-state index is 13.4. The van der Waals surface area contributed by atoms with E-state index in [-0.39, 0.29) is 11.7 Å². The molecule has 4 rings (SSSR count). The summed E-state index contributed by atoms with van der Waals surface area (Å²) in [5, 5.41) is 3.32. The van der Waals surface area contributed by atoms with Crippen molar-refractivity contribution < 1.29 is 9.18 Å². The van der Waals surface area contributed by atoms with E-state index < -0.39 is 5.25 Å². The molecule has 0 aliphatic heterocycles. The second-order valence-electron chi connectivity index (χ2n) is 6.79. The topological polar surface area (TPSA) is 59.8 Å². The van der Waals surface area contributed by atoms with Gasteiger partial charge in [-0.3, -0.25) is 9.36 Å². The lowest BCUT2D eigenvalue weighted by atomic mass is 10.3. The Hall–Kier alpha value is -2.90. The van der Waals surface area contributed by atoms with Gasteiger partial charge in [-0.15, -0.1) is 0 Å². The molecular formula is C22H18ClFN4OS. The molecule has 0 aliphatic rings. The van der Waals surface area contributed by atoms with Crippen molar-refractivity contribution in [1.82, 2.24) is 14.5 Å². The Labute approximate surface area is 182 Å². The second kappa shape index (κ2) is 8.45. The summed E-state index contributed by atoms with van der Waals surface area (Å²) in [4.78, 5) is 21.6. The van der Waals surface area contributed by atoms with Gasteiger partial charge in [-0.1, -0.05) is 35.5 Å². The van der Waals surface area contributed by atoms with E-state index in [0.29, 0.717) is 16.0 Å². The normalized spacial score (nSPS) is 12.1. The highest BCUT2D eigenvalue weighted by atomic mass is 35.5. The van der Waals surface area contributed by atoms with Crippen molar-refractivity contribution in [3.63, 3.8) is 0 Å². The van der Waals surface area contributed by atoms with Crippen molar-refractivity contribution in [1.29, 1.82) is 0 Å². The number of nitrogens with one attached hydrogen (secondary N) is 1. The lowest BCUT2D eigenvalue weighted by Gasteiger charge is -2.14. The van der Waals surface area contributed by atoms with Gasteiger partial charge in [0.05, 0.1) is 21.3 Å². The zero-order valence-corrected chi connectivity index (χ0v) is 17.8. The number of para-hydroxylation sites is 2. The number of anilines is 1. The molecule has 0 radical (unpaired) electrons. The highest BCUT2D eigenvalue weighted by Crippen LogP contribution is 2.31. The molecule has 0 bridgehead atoms. The van der Waals surface area contributed by atoms with Crippen molar-refractivity contribution in [2.45, 2.75) is 24.3 Å². The Balaban J connectivity index is 1.63. The van der Waals surface area contributed by atoms with Gasteiger partial charge in [-0.25, -0.2) is 14.4 Å². The van der Waals surface area contributed by atoms with Gasteiger partial charge in [0, 0.05) is 11.9 Å². The van der Waals surface area contributed by atoms with Crippen LogP contribution in [0.1, 0.15) is 12.5 Å². The number of aryl methyl sites for hydroxylation is 1. The number of hydrogen-bond donors (Lipinski definition) is 1. The molecule has 1 atom stereocenters. The van der Waals surface area contributed by atoms with Crippen LogP contribution in [0.15, 0.2) is 66.0 Å². The number of imidazole rings is 1. The fourth-order valence-corrected chi connectivity index (χ4v) is 4.19. The van der Waals surface area contributed by atoms with Crippen LogP contribution in [-0.4, -0.2) is 25.7 Å². The van der Waals surface area contributed by atoms with E-state index in [2.05, 4.69) is 15.3 Å². The quantitative estimate of drug-likeness (QED) is 0.408. The summed E-state index contributed by atoms with van der Waals surface area (Å²) in [6.07, 6.45) is 1.65. The van der Waals surface area contributed by atoms with Crippen LogP contribution < -0.4 is 5.32 Å². The first-order valence-electron chi connectivity index (χ1n) is 9.25. The highest BCUT2D eigenvalue weighted by molar-refractivity contribution is 8.00. The Morgan fingerprint density at radius 2 is 1.93 bits per heavy atom. The molecular weight excluding hydrogens is 423 g/mol. The van der Waals surface area contributed by atoms with Crippen molar-refractivity contribution >= 4 is 46.1 Å². The minimum atomic E-state index is -0.472. The van der Waals surface area contributed by atoms with Crippen LogP contribution in [0.3, 0.4) is 0 Å². The van der Waals surface area contributed by atoms with Crippen LogP contribution in [0.4, 0.5) is 10.2 Å². The second-order valence-corrected chi connectivity index (χ2v) is 8.50. The Bertz CT molecular complexity index is 1230. The summed E-state index contributed by atoms with van der Waals surface area (Å²) in [5.74, 6) is -0.227. The summed E-state index contributed by atoms with van der Waals surface area (Å²) in [5.41, 5.74) is 3.35. The first-order valence-corrected chi connectivity index (χ1v) is 10.5.